The maximum atomic E-state index is 13.2. The van der Waals surface area contributed by atoms with Gasteiger partial charge in [0.2, 0.25) is 0 Å². The molecule has 1 unspecified atom stereocenters. The lowest BCUT2D eigenvalue weighted by atomic mass is 10.1. The minimum Gasteiger partial charge on any atom is -0.489 e. The predicted octanol–water partition coefficient (Wildman–Crippen LogP) is 3.36. The van der Waals surface area contributed by atoms with Crippen LogP contribution in [-0.2, 0) is 6.54 Å². The van der Waals surface area contributed by atoms with Crippen LogP contribution in [0.3, 0.4) is 0 Å². The number of benzene rings is 2. The summed E-state index contributed by atoms with van der Waals surface area (Å²) in [6.45, 7) is 3.03. The van der Waals surface area contributed by atoms with E-state index in [0.29, 0.717) is 24.8 Å². The van der Waals surface area contributed by atoms with Crippen molar-refractivity contribution in [2.75, 3.05) is 13.6 Å². The standard InChI is InChI=1S/C20H23FN6O.HI/c1-14(28-18-8-4-7-17(21)10-18)11-23-20(22-2)24-12-15-5-3-6-16(9-15)19-25-13-26-27-19;/h3-10,13-14H,11-12H2,1-2H3,(H2,22,23,24)(H,25,26,27);1H. The van der Waals surface area contributed by atoms with Crippen molar-refractivity contribution in [1.82, 2.24) is 25.8 Å². The van der Waals surface area contributed by atoms with Gasteiger partial charge in [0.1, 0.15) is 24.0 Å². The summed E-state index contributed by atoms with van der Waals surface area (Å²) in [5.74, 6) is 1.57. The molecule has 2 aromatic carbocycles. The molecule has 1 atom stereocenters. The average Bonchev–Trinajstić information content (AvgIpc) is 3.23. The molecule has 0 aliphatic carbocycles. The van der Waals surface area contributed by atoms with Gasteiger partial charge in [0, 0.05) is 25.2 Å². The van der Waals surface area contributed by atoms with Crippen LogP contribution in [0.15, 0.2) is 59.9 Å². The number of nitrogens with zero attached hydrogens (tertiary/aromatic N) is 3. The molecule has 0 radical (unpaired) electrons. The van der Waals surface area contributed by atoms with Crippen molar-refractivity contribution in [2.24, 2.45) is 4.99 Å². The van der Waals surface area contributed by atoms with E-state index in [1.54, 1.807) is 19.2 Å². The molecule has 9 heteroatoms. The summed E-state index contributed by atoms with van der Waals surface area (Å²) in [5.41, 5.74) is 2.05. The Kier molecular flexibility index (Phi) is 8.84. The zero-order chi connectivity index (χ0) is 19.8. The lowest BCUT2D eigenvalue weighted by molar-refractivity contribution is 0.223. The lowest BCUT2D eigenvalue weighted by Crippen LogP contribution is -2.41. The minimum absolute atomic E-state index is 0. The van der Waals surface area contributed by atoms with Gasteiger partial charge in [-0.05, 0) is 30.7 Å². The molecule has 0 amide bonds. The minimum atomic E-state index is -0.317. The van der Waals surface area contributed by atoms with Crippen LogP contribution in [0.4, 0.5) is 4.39 Å². The van der Waals surface area contributed by atoms with E-state index < -0.39 is 0 Å². The van der Waals surface area contributed by atoms with E-state index in [2.05, 4.69) is 30.8 Å². The largest absolute Gasteiger partial charge is 0.489 e. The fourth-order valence-electron chi connectivity index (χ4n) is 2.63. The highest BCUT2D eigenvalue weighted by atomic mass is 127. The summed E-state index contributed by atoms with van der Waals surface area (Å²) >= 11 is 0. The highest BCUT2D eigenvalue weighted by Gasteiger charge is 2.07. The highest BCUT2D eigenvalue weighted by Crippen LogP contribution is 2.15. The maximum absolute atomic E-state index is 13.2. The number of nitrogens with one attached hydrogen (secondary N) is 3. The molecular weight excluding hydrogens is 486 g/mol. The Labute approximate surface area is 186 Å². The fraction of sp³-hybridized carbons (Fsp3) is 0.250. The van der Waals surface area contributed by atoms with Crippen molar-refractivity contribution >= 4 is 29.9 Å². The number of rotatable bonds is 7. The number of aromatic amines is 1. The van der Waals surface area contributed by atoms with E-state index in [1.165, 1.54) is 18.5 Å². The van der Waals surface area contributed by atoms with Crippen LogP contribution in [0.25, 0.3) is 11.4 Å². The first kappa shape index (κ1) is 22.6. The van der Waals surface area contributed by atoms with Gasteiger partial charge in [-0.15, -0.1) is 24.0 Å². The molecule has 0 aliphatic heterocycles. The number of H-pyrrole nitrogens is 1. The topological polar surface area (TPSA) is 87.2 Å². The third-order valence-electron chi connectivity index (χ3n) is 3.99. The van der Waals surface area contributed by atoms with E-state index in [0.717, 1.165) is 17.0 Å². The van der Waals surface area contributed by atoms with Gasteiger partial charge >= 0.3 is 0 Å². The van der Waals surface area contributed by atoms with Gasteiger partial charge in [0.25, 0.3) is 0 Å². The predicted molar refractivity (Wildman–Crippen MR) is 122 cm³/mol. The molecule has 0 aliphatic rings. The first-order valence-electron chi connectivity index (χ1n) is 8.95. The number of hydrogen-bond donors (Lipinski definition) is 3. The normalized spacial score (nSPS) is 12.0. The zero-order valence-electron chi connectivity index (χ0n) is 16.2. The van der Waals surface area contributed by atoms with Crippen molar-refractivity contribution in [2.45, 2.75) is 19.6 Å². The van der Waals surface area contributed by atoms with Crippen molar-refractivity contribution in [3.63, 3.8) is 0 Å². The second kappa shape index (κ2) is 11.3. The Morgan fingerprint density at radius 3 is 2.76 bits per heavy atom. The molecule has 0 saturated heterocycles. The van der Waals surface area contributed by atoms with Crippen LogP contribution in [0.1, 0.15) is 12.5 Å². The lowest BCUT2D eigenvalue weighted by Gasteiger charge is -2.18. The molecule has 0 fully saturated rings. The third kappa shape index (κ3) is 7.00. The van der Waals surface area contributed by atoms with E-state index in [-0.39, 0.29) is 35.9 Å². The Bertz CT molecular complexity index is 919. The highest BCUT2D eigenvalue weighted by molar-refractivity contribution is 14.0. The number of hydrogen-bond acceptors (Lipinski definition) is 4. The number of guanidine groups is 1. The molecule has 29 heavy (non-hydrogen) atoms. The summed E-state index contributed by atoms with van der Waals surface area (Å²) < 4.78 is 18.9. The number of aliphatic imine (C=N–C) groups is 1. The molecule has 7 nitrogen and oxygen atoms in total. The Balaban J connectivity index is 0.00000300. The molecule has 0 spiro atoms. The van der Waals surface area contributed by atoms with Crippen molar-refractivity contribution in [3.05, 3.63) is 66.2 Å². The summed E-state index contributed by atoms with van der Waals surface area (Å²) in [6.07, 6.45) is 1.33. The number of ether oxygens (including phenoxy) is 1. The second-order valence-corrected chi connectivity index (χ2v) is 6.23. The zero-order valence-corrected chi connectivity index (χ0v) is 18.6. The quantitative estimate of drug-likeness (QED) is 0.258. The number of halogens is 2. The van der Waals surface area contributed by atoms with Crippen molar-refractivity contribution in [3.8, 4) is 17.1 Å². The maximum Gasteiger partial charge on any atom is 0.191 e. The molecule has 3 N–H and O–H groups in total. The summed E-state index contributed by atoms with van der Waals surface area (Å²) in [5, 5.41) is 13.2. The first-order chi connectivity index (χ1) is 13.6. The van der Waals surface area contributed by atoms with Gasteiger partial charge in [-0.3, -0.25) is 10.1 Å². The fourth-order valence-corrected chi connectivity index (χ4v) is 2.63. The SMILES string of the molecule is CN=C(NCc1cccc(-c2ncn[nH]2)c1)NCC(C)Oc1cccc(F)c1.I. The summed E-state index contributed by atoms with van der Waals surface area (Å²) in [7, 11) is 1.71. The van der Waals surface area contributed by atoms with Crippen LogP contribution in [0.5, 0.6) is 5.75 Å². The molecule has 154 valence electrons. The monoisotopic (exact) mass is 510 g/mol. The van der Waals surface area contributed by atoms with Crippen LogP contribution < -0.4 is 15.4 Å². The molecule has 3 rings (SSSR count). The van der Waals surface area contributed by atoms with Crippen molar-refractivity contribution in [1.29, 1.82) is 0 Å². The summed E-state index contributed by atoms with van der Waals surface area (Å²) in [4.78, 5) is 8.39. The Morgan fingerprint density at radius 1 is 1.21 bits per heavy atom. The molecule has 1 aromatic heterocycles. The third-order valence-corrected chi connectivity index (χ3v) is 3.99. The van der Waals surface area contributed by atoms with E-state index in [9.17, 15) is 4.39 Å². The molecule has 1 heterocycles. The number of aromatic nitrogens is 3. The smallest absolute Gasteiger partial charge is 0.191 e. The van der Waals surface area contributed by atoms with Gasteiger partial charge in [-0.2, -0.15) is 5.10 Å². The Morgan fingerprint density at radius 2 is 2.03 bits per heavy atom. The molecule has 3 aromatic rings. The van der Waals surface area contributed by atoms with Gasteiger partial charge < -0.3 is 15.4 Å². The van der Waals surface area contributed by atoms with Crippen LogP contribution in [0.2, 0.25) is 0 Å². The average molecular weight is 510 g/mol. The van der Waals surface area contributed by atoms with Gasteiger partial charge in [0.15, 0.2) is 11.8 Å². The first-order valence-corrected chi connectivity index (χ1v) is 8.95. The van der Waals surface area contributed by atoms with Crippen LogP contribution >= 0.6 is 24.0 Å². The van der Waals surface area contributed by atoms with Gasteiger partial charge in [-0.1, -0.05) is 24.3 Å². The van der Waals surface area contributed by atoms with Gasteiger partial charge in [0.05, 0.1) is 6.54 Å². The molecule has 0 bridgehead atoms. The molecule has 0 saturated carbocycles. The van der Waals surface area contributed by atoms with Crippen LogP contribution in [0, 0.1) is 5.82 Å². The molecular formula is C20H24FIN6O. The van der Waals surface area contributed by atoms with Gasteiger partial charge in [-0.25, -0.2) is 9.37 Å². The van der Waals surface area contributed by atoms with Crippen molar-refractivity contribution < 1.29 is 9.13 Å². The van der Waals surface area contributed by atoms with E-state index in [1.807, 2.05) is 31.2 Å². The Hall–Kier alpha value is -2.69. The second-order valence-electron chi connectivity index (χ2n) is 6.23. The van der Waals surface area contributed by atoms with E-state index in [4.69, 9.17) is 4.74 Å². The summed E-state index contributed by atoms with van der Waals surface area (Å²) in [6, 6.07) is 14.1. The van der Waals surface area contributed by atoms with Crippen LogP contribution in [-0.4, -0.2) is 40.8 Å². The van der Waals surface area contributed by atoms with E-state index >= 15 is 0 Å².